The van der Waals surface area contributed by atoms with Crippen molar-refractivity contribution >= 4 is 0 Å². The van der Waals surface area contributed by atoms with E-state index in [1.54, 1.807) is 0 Å². The molecule has 0 unspecified atom stereocenters. The number of hydrogen-bond donors (Lipinski definition) is 1. The Morgan fingerprint density at radius 1 is 1.06 bits per heavy atom. The fourth-order valence-corrected chi connectivity index (χ4v) is 1.18. The van der Waals surface area contributed by atoms with E-state index in [0.717, 1.165) is 0 Å². The van der Waals surface area contributed by atoms with Crippen LogP contribution >= 0.6 is 0 Å². The Kier molecular flexibility index (Phi) is 3.13. The zero-order valence-electron chi connectivity index (χ0n) is 7.52. The molecule has 16 heavy (non-hydrogen) atoms. The molecule has 1 rings (SSSR count). The highest BCUT2D eigenvalue weighted by molar-refractivity contribution is 5.34. The van der Waals surface area contributed by atoms with E-state index in [2.05, 4.69) is 4.98 Å². The summed E-state index contributed by atoms with van der Waals surface area (Å²) in [5, 5.41) is 8.54. The molecule has 0 bridgehead atoms. The Morgan fingerprint density at radius 2 is 1.62 bits per heavy atom. The van der Waals surface area contributed by atoms with Crippen LogP contribution in [0.25, 0.3) is 0 Å². The van der Waals surface area contributed by atoms with Gasteiger partial charge in [0.25, 0.3) is 0 Å². The van der Waals surface area contributed by atoms with Crippen LogP contribution in [0, 0.1) is 0 Å². The van der Waals surface area contributed by atoms with Crippen molar-refractivity contribution in [2.24, 2.45) is 0 Å². The van der Waals surface area contributed by atoms with Crippen LogP contribution in [0.2, 0.25) is 0 Å². The lowest BCUT2D eigenvalue weighted by atomic mass is 10.1. The molecule has 1 aromatic rings. The molecule has 8 heteroatoms. The molecule has 0 aliphatic carbocycles. The van der Waals surface area contributed by atoms with Gasteiger partial charge in [-0.1, -0.05) is 0 Å². The number of nitrogens with zero attached hydrogens (tertiary/aromatic N) is 1. The molecule has 0 aliphatic heterocycles. The van der Waals surface area contributed by atoms with Gasteiger partial charge in [0.05, 0.1) is 23.4 Å². The van der Waals surface area contributed by atoms with Crippen molar-refractivity contribution in [3.8, 4) is 0 Å². The third kappa shape index (κ3) is 2.43. The lowest BCUT2D eigenvalue weighted by Crippen LogP contribution is -2.20. The van der Waals surface area contributed by atoms with Gasteiger partial charge >= 0.3 is 12.4 Å². The molecule has 1 aromatic heterocycles. The second-order valence-electron chi connectivity index (χ2n) is 2.83. The summed E-state index contributed by atoms with van der Waals surface area (Å²) in [5.41, 5.74) is -4.83. The number of halogens is 6. The van der Waals surface area contributed by atoms with Gasteiger partial charge in [-0.3, -0.25) is 4.98 Å². The first-order chi connectivity index (χ1) is 7.18. The van der Waals surface area contributed by atoms with Crippen LogP contribution in [0.15, 0.2) is 12.3 Å². The minimum absolute atomic E-state index is 0.224. The highest BCUT2D eigenvalue weighted by Gasteiger charge is 2.45. The first kappa shape index (κ1) is 12.8. The predicted octanol–water partition coefficient (Wildman–Crippen LogP) is 2.61. The Balaban J connectivity index is 3.51. The highest BCUT2D eigenvalue weighted by Crippen LogP contribution is 2.41. The summed E-state index contributed by atoms with van der Waals surface area (Å²) >= 11 is 0. The van der Waals surface area contributed by atoms with Gasteiger partial charge in [0.1, 0.15) is 0 Å². The van der Waals surface area contributed by atoms with Crippen molar-refractivity contribution < 1.29 is 31.4 Å². The number of alkyl halides is 6. The predicted molar refractivity (Wildman–Crippen MR) is 40.2 cm³/mol. The van der Waals surface area contributed by atoms with E-state index < -0.39 is 35.8 Å². The summed E-state index contributed by atoms with van der Waals surface area (Å²) in [5.74, 6) is 0. The summed E-state index contributed by atoms with van der Waals surface area (Å²) in [6.45, 7) is -1.21. The van der Waals surface area contributed by atoms with Crippen LogP contribution in [0.1, 0.15) is 16.8 Å². The first-order valence-electron chi connectivity index (χ1n) is 3.91. The molecule has 0 spiro atoms. The molecule has 2 nitrogen and oxygen atoms in total. The quantitative estimate of drug-likeness (QED) is 0.771. The van der Waals surface area contributed by atoms with Crippen molar-refractivity contribution in [1.29, 1.82) is 0 Å². The molecule has 0 aliphatic rings. The topological polar surface area (TPSA) is 33.1 Å². The van der Waals surface area contributed by atoms with Crippen molar-refractivity contribution in [2.75, 3.05) is 0 Å². The SMILES string of the molecule is OCc1nccc(C(F)(F)F)c1C(F)(F)F. The molecule has 1 N–H and O–H groups in total. The third-order valence-electron chi connectivity index (χ3n) is 1.77. The average molecular weight is 245 g/mol. The van der Waals surface area contributed by atoms with Crippen LogP contribution in [-0.2, 0) is 19.0 Å². The summed E-state index contributed by atoms with van der Waals surface area (Å²) in [4.78, 5) is 3.07. The normalized spacial score (nSPS) is 12.9. The van der Waals surface area contributed by atoms with Gasteiger partial charge < -0.3 is 5.11 Å². The summed E-state index contributed by atoms with van der Waals surface area (Å²) in [6.07, 6.45) is -9.78. The van der Waals surface area contributed by atoms with E-state index in [4.69, 9.17) is 5.11 Å². The minimum Gasteiger partial charge on any atom is -0.390 e. The molecular weight excluding hydrogens is 240 g/mol. The van der Waals surface area contributed by atoms with Crippen molar-refractivity contribution in [2.45, 2.75) is 19.0 Å². The molecule has 1 heterocycles. The van der Waals surface area contributed by atoms with E-state index in [1.807, 2.05) is 0 Å². The van der Waals surface area contributed by atoms with E-state index in [-0.39, 0.29) is 6.07 Å². The lowest BCUT2D eigenvalue weighted by Gasteiger charge is -2.17. The fraction of sp³-hybridized carbons (Fsp3) is 0.375. The first-order valence-corrected chi connectivity index (χ1v) is 3.91. The largest absolute Gasteiger partial charge is 0.418 e. The molecule has 0 aromatic carbocycles. The van der Waals surface area contributed by atoms with Crippen molar-refractivity contribution in [3.05, 3.63) is 29.1 Å². The highest BCUT2D eigenvalue weighted by atomic mass is 19.4. The number of aliphatic hydroxyl groups excluding tert-OH is 1. The number of rotatable bonds is 1. The molecule has 0 saturated heterocycles. The summed E-state index contributed by atoms with van der Waals surface area (Å²) in [7, 11) is 0. The molecule has 0 atom stereocenters. The van der Waals surface area contributed by atoms with E-state index in [0.29, 0.717) is 6.20 Å². The third-order valence-corrected chi connectivity index (χ3v) is 1.77. The van der Waals surface area contributed by atoms with E-state index in [9.17, 15) is 26.3 Å². The van der Waals surface area contributed by atoms with E-state index in [1.165, 1.54) is 0 Å². The van der Waals surface area contributed by atoms with Gasteiger partial charge in [0.2, 0.25) is 0 Å². The zero-order chi connectivity index (χ0) is 12.6. The van der Waals surface area contributed by atoms with Crippen LogP contribution in [0.4, 0.5) is 26.3 Å². The van der Waals surface area contributed by atoms with Crippen LogP contribution in [-0.4, -0.2) is 10.1 Å². The van der Waals surface area contributed by atoms with Crippen LogP contribution < -0.4 is 0 Å². The van der Waals surface area contributed by atoms with Gasteiger partial charge in [-0.25, -0.2) is 0 Å². The van der Waals surface area contributed by atoms with Crippen molar-refractivity contribution in [3.63, 3.8) is 0 Å². The number of hydrogen-bond acceptors (Lipinski definition) is 2. The van der Waals surface area contributed by atoms with Gasteiger partial charge in [-0.2, -0.15) is 26.3 Å². The number of aromatic nitrogens is 1. The zero-order valence-corrected chi connectivity index (χ0v) is 7.52. The fourth-order valence-electron chi connectivity index (χ4n) is 1.18. The second-order valence-corrected chi connectivity index (χ2v) is 2.83. The van der Waals surface area contributed by atoms with E-state index >= 15 is 0 Å². The Morgan fingerprint density at radius 3 is 2.00 bits per heavy atom. The van der Waals surface area contributed by atoms with Gasteiger partial charge in [0.15, 0.2) is 0 Å². The minimum atomic E-state index is -5.21. The maximum atomic E-state index is 12.4. The van der Waals surface area contributed by atoms with Crippen LogP contribution in [0.3, 0.4) is 0 Å². The molecule has 0 amide bonds. The van der Waals surface area contributed by atoms with Gasteiger partial charge in [-0.15, -0.1) is 0 Å². The monoisotopic (exact) mass is 245 g/mol. The standard InChI is InChI=1S/C8H5F6NO/c9-7(10,11)4-1-2-15-5(3-16)6(4)8(12,13)14/h1-2,16H,3H2. The number of pyridine rings is 1. The molecule has 0 saturated carbocycles. The lowest BCUT2D eigenvalue weighted by molar-refractivity contribution is -0.163. The van der Waals surface area contributed by atoms with Gasteiger partial charge in [-0.05, 0) is 6.07 Å². The van der Waals surface area contributed by atoms with Crippen molar-refractivity contribution in [1.82, 2.24) is 4.98 Å². The Labute approximate surface area is 85.5 Å². The smallest absolute Gasteiger partial charge is 0.390 e. The van der Waals surface area contributed by atoms with Crippen LogP contribution in [0.5, 0.6) is 0 Å². The maximum absolute atomic E-state index is 12.4. The number of aliphatic hydroxyl groups is 1. The Hall–Kier alpha value is -1.31. The molecule has 0 radical (unpaired) electrons. The summed E-state index contributed by atoms with van der Waals surface area (Å²) < 4.78 is 74.0. The molecule has 90 valence electrons. The molecule has 0 fully saturated rings. The molecular formula is C8H5F6NO. The summed E-state index contributed by atoms with van der Waals surface area (Å²) in [6, 6.07) is 0.224. The second kappa shape index (κ2) is 3.93. The Bertz CT molecular complexity index is 383. The maximum Gasteiger partial charge on any atom is 0.418 e. The van der Waals surface area contributed by atoms with Gasteiger partial charge in [0, 0.05) is 6.20 Å². The average Bonchev–Trinajstić information content (AvgIpc) is 2.13.